The fraction of sp³-hybridized carbons (Fsp3) is 0.250. The summed E-state index contributed by atoms with van der Waals surface area (Å²) in [4.78, 5) is 0. The molecule has 0 fully saturated rings. The molecule has 2 N–H and O–H groups in total. The second-order valence-electron chi connectivity index (χ2n) is 4.89. The van der Waals surface area contributed by atoms with Gasteiger partial charge in [0.25, 0.3) is 0 Å². The van der Waals surface area contributed by atoms with Crippen molar-refractivity contribution >= 4 is 0 Å². The highest BCUT2D eigenvalue weighted by atomic mass is 19.1. The van der Waals surface area contributed by atoms with Crippen molar-refractivity contribution in [3.05, 3.63) is 59.4 Å². The van der Waals surface area contributed by atoms with Crippen LogP contribution in [0.2, 0.25) is 0 Å². The molecule has 21 heavy (non-hydrogen) atoms. The van der Waals surface area contributed by atoms with E-state index in [2.05, 4.69) is 5.32 Å². The largest absolute Gasteiger partial charge is 0.454 e. The summed E-state index contributed by atoms with van der Waals surface area (Å²) in [6.07, 6.45) is -0.667. The van der Waals surface area contributed by atoms with Gasteiger partial charge < -0.3 is 19.9 Å². The maximum atomic E-state index is 12.8. The third kappa shape index (κ3) is 3.32. The minimum atomic E-state index is -0.667. The zero-order chi connectivity index (χ0) is 14.7. The average Bonchev–Trinajstić information content (AvgIpc) is 2.95. The lowest BCUT2D eigenvalue weighted by molar-refractivity contribution is 0.173. The molecule has 5 heteroatoms. The summed E-state index contributed by atoms with van der Waals surface area (Å²) < 4.78 is 23.4. The Balaban J connectivity index is 1.52. The van der Waals surface area contributed by atoms with E-state index in [1.165, 1.54) is 12.1 Å². The minimum Gasteiger partial charge on any atom is -0.454 e. The molecular formula is C16H16FNO3. The van der Waals surface area contributed by atoms with Crippen molar-refractivity contribution in [2.24, 2.45) is 0 Å². The number of rotatable bonds is 5. The number of aliphatic hydroxyl groups excluding tert-OH is 1. The quantitative estimate of drug-likeness (QED) is 0.887. The summed E-state index contributed by atoms with van der Waals surface area (Å²) in [5.41, 5.74) is 1.74. The minimum absolute atomic E-state index is 0.259. The van der Waals surface area contributed by atoms with E-state index in [9.17, 15) is 9.50 Å². The molecule has 0 aromatic heterocycles. The van der Waals surface area contributed by atoms with Gasteiger partial charge in [-0.15, -0.1) is 0 Å². The summed E-state index contributed by atoms with van der Waals surface area (Å²) in [6.45, 7) is 1.25. The van der Waals surface area contributed by atoms with Crippen LogP contribution in [-0.2, 0) is 6.54 Å². The van der Waals surface area contributed by atoms with Crippen molar-refractivity contribution < 1.29 is 19.0 Å². The molecule has 1 heterocycles. The van der Waals surface area contributed by atoms with Crippen LogP contribution >= 0.6 is 0 Å². The number of fused-ring (bicyclic) bond motifs is 1. The molecule has 1 aliphatic rings. The Bertz CT molecular complexity index is 615. The fourth-order valence-corrected chi connectivity index (χ4v) is 2.21. The van der Waals surface area contributed by atoms with Gasteiger partial charge in [-0.1, -0.05) is 18.2 Å². The number of nitrogens with one attached hydrogen (secondary N) is 1. The summed E-state index contributed by atoms with van der Waals surface area (Å²) in [7, 11) is 0. The molecule has 2 aromatic rings. The summed E-state index contributed by atoms with van der Waals surface area (Å²) in [5.74, 6) is 1.19. The van der Waals surface area contributed by atoms with Crippen molar-refractivity contribution in [3.63, 3.8) is 0 Å². The van der Waals surface area contributed by atoms with Crippen LogP contribution in [0.15, 0.2) is 42.5 Å². The lowest BCUT2D eigenvalue weighted by Gasteiger charge is -2.12. The Morgan fingerprint density at radius 1 is 1.10 bits per heavy atom. The molecule has 110 valence electrons. The van der Waals surface area contributed by atoms with Gasteiger partial charge in [-0.25, -0.2) is 4.39 Å². The van der Waals surface area contributed by atoms with E-state index >= 15 is 0 Å². The Labute approximate surface area is 122 Å². The lowest BCUT2D eigenvalue weighted by atomic mass is 10.1. The van der Waals surface area contributed by atoms with Gasteiger partial charge in [0.1, 0.15) is 5.82 Å². The fourth-order valence-electron chi connectivity index (χ4n) is 2.21. The monoisotopic (exact) mass is 289 g/mol. The highest BCUT2D eigenvalue weighted by Crippen LogP contribution is 2.32. The van der Waals surface area contributed by atoms with Crippen molar-refractivity contribution in [2.45, 2.75) is 12.6 Å². The van der Waals surface area contributed by atoms with E-state index in [0.717, 1.165) is 17.1 Å². The number of hydrogen-bond acceptors (Lipinski definition) is 4. The van der Waals surface area contributed by atoms with Crippen LogP contribution in [-0.4, -0.2) is 18.4 Å². The lowest BCUT2D eigenvalue weighted by Crippen LogP contribution is -2.21. The van der Waals surface area contributed by atoms with Gasteiger partial charge in [0.2, 0.25) is 6.79 Å². The zero-order valence-corrected chi connectivity index (χ0v) is 11.4. The van der Waals surface area contributed by atoms with Crippen LogP contribution in [0.1, 0.15) is 17.2 Å². The van der Waals surface area contributed by atoms with Gasteiger partial charge in [-0.05, 0) is 35.4 Å². The predicted molar refractivity (Wildman–Crippen MR) is 75.6 cm³/mol. The van der Waals surface area contributed by atoms with Crippen molar-refractivity contribution in [3.8, 4) is 11.5 Å². The molecule has 4 nitrogen and oxygen atoms in total. The first-order chi connectivity index (χ1) is 10.2. The normalized spacial score (nSPS) is 14.2. The van der Waals surface area contributed by atoms with Crippen LogP contribution < -0.4 is 14.8 Å². The van der Waals surface area contributed by atoms with Gasteiger partial charge >= 0.3 is 0 Å². The maximum Gasteiger partial charge on any atom is 0.231 e. The second kappa shape index (κ2) is 6.11. The SMILES string of the molecule is OC(CNCc1ccc2c(c1)OCO2)c1ccc(F)cc1. The molecule has 2 aromatic carbocycles. The molecular weight excluding hydrogens is 273 g/mol. The Morgan fingerprint density at radius 2 is 1.86 bits per heavy atom. The number of ether oxygens (including phenoxy) is 2. The standard InChI is InChI=1S/C16H16FNO3/c17-13-4-2-12(3-5-13)14(19)9-18-8-11-1-6-15-16(7-11)21-10-20-15/h1-7,14,18-19H,8-10H2. The van der Waals surface area contributed by atoms with Gasteiger partial charge in [0.05, 0.1) is 6.10 Å². The topological polar surface area (TPSA) is 50.7 Å². The first-order valence-electron chi connectivity index (χ1n) is 6.75. The summed E-state index contributed by atoms with van der Waals surface area (Å²) in [5, 5.41) is 13.2. The number of halogens is 1. The van der Waals surface area contributed by atoms with Crippen LogP contribution in [0.25, 0.3) is 0 Å². The van der Waals surface area contributed by atoms with E-state index in [0.29, 0.717) is 18.7 Å². The summed E-state index contributed by atoms with van der Waals surface area (Å²) >= 11 is 0. The molecule has 0 spiro atoms. The first-order valence-corrected chi connectivity index (χ1v) is 6.75. The van der Waals surface area contributed by atoms with E-state index in [1.54, 1.807) is 12.1 Å². The molecule has 1 unspecified atom stereocenters. The first kappa shape index (κ1) is 13.9. The molecule has 0 saturated carbocycles. The van der Waals surface area contributed by atoms with Gasteiger partial charge in [-0.3, -0.25) is 0 Å². The molecule has 0 amide bonds. The number of hydrogen-bond donors (Lipinski definition) is 2. The third-order valence-electron chi connectivity index (χ3n) is 3.36. The van der Waals surface area contributed by atoms with Gasteiger partial charge in [-0.2, -0.15) is 0 Å². The van der Waals surface area contributed by atoms with E-state index in [-0.39, 0.29) is 12.6 Å². The molecule has 0 bridgehead atoms. The molecule has 1 aliphatic heterocycles. The van der Waals surface area contributed by atoms with Crippen LogP contribution in [0.4, 0.5) is 4.39 Å². The number of aliphatic hydroxyl groups is 1. The van der Waals surface area contributed by atoms with Crippen molar-refractivity contribution in [1.29, 1.82) is 0 Å². The van der Waals surface area contributed by atoms with Crippen LogP contribution in [0, 0.1) is 5.82 Å². The van der Waals surface area contributed by atoms with Crippen molar-refractivity contribution in [2.75, 3.05) is 13.3 Å². The molecule has 0 aliphatic carbocycles. The molecule has 3 rings (SSSR count). The second-order valence-corrected chi connectivity index (χ2v) is 4.89. The molecule has 1 atom stereocenters. The van der Waals surface area contributed by atoms with Gasteiger partial charge in [0, 0.05) is 13.1 Å². The zero-order valence-electron chi connectivity index (χ0n) is 11.4. The van der Waals surface area contributed by atoms with E-state index < -0.39 is 6.10 Å². The maximum absolute atomic E-state index is 12.8. The highest BCUT2D eigenvalue weighted by molar-refractivity contribution is 5.44. The predicted octanol–water partition coefficient (Wildman–Crippen LogP) is 2.38. The highest BCUT2D eigenvalue weighted by Gasteiger charge is 2.13. The Hall–Kier alpha value is -2.11. The van der Waals surface area contributed by atoms with E-state index in [1.807, 2.05) is 18.2 Å². The van der Waals surface area contributed by atoms with Gasteiger partial charge in [0.15, 0.2) is 11.5 Å². The molecule has 0 saturated heterocycles. The average molecular weight is 289 g/mol. The number of benzene rings is 2. The Morgan fingerprint density at radius 3 is 2.67 bits per heavy atom. The van der Waals surface area contributed by atoms with Crippen LogP contribution in [0.3, 0.4) is 0 Å². The summed E-state index contributed by atoms with van der Waals surface area (Å²) in [6, 6.07) is 11.6. The van der Waals surface area contributed by atoms with Crippen molar-refractivity contribution in [1.82, 2.24) is 5.32 Å². The third-order valence-corrected chi connectivity index (χ3v) is 3.36. The Kier molecular flexibility index (Phi) is 4.03. The smallest absolute Gasteiger partial charge is 0.231 e. The molecule has 0 radical (unpaired) electrons. The van der Waals surface area contributed by atoms with Crippen LogP contribution in [0.5, 0.6) is 11.5 Å². The van der Waals surface area contributed by atoms with E-state index in [4.69, 9.17) is 9.47 Å².